The van der Waals surface area contributed by atoms with E-state index in [1.54, 1.807) is 6.33 Å². The number of aromatic amines is 1. The number of nitrogens with zero attached hydrogens (tertiary/aromatic N) is 1. The van der Waals surface area contributed by atoms with Crippen molar-refractivity contribution in [1.29, 1.82) is 0 Å². The summed E-state index contributed by atoms with van der Waals surface area (Å²) in [6, 6.07) is 8.15. The Morgan fingerprint density at radius 2 is 2.22 bits per heavy atom. The SMILES string of the molecule is CCOc1cccc(CNCc2nc[nH]c2C)c1. The minimum atomic E-state index is 0.698. The van der Waals surface area contributed by atoms with Crippen LogP contribution in [0.3, 0.4) is 0 Å². The van der Waals surface area contributed by atoms with Crippen LogP contribution in [0.1, 0.15) is 23.9 Å². The van der Waals surface area contributed by atoms with Crippen LogP contribution in [0.5, 0.6) is 5.75 Å². The molecule has 2 rings (SSSR count). The molecule has 0 amide bonds. The van der Waals surface area contributed by atoms with E-state index < -0.39 is 0 Å². The molecule has 1 aromatic carbocycles. The zero-order valence-corrected chi connectivity index (χ0v) is 10.9. The normalized spacial score (nSPS) is 10.6. The summed E-state index contributed by atoms with van der Waals surface area (Å²) < 4.78 is 5.47. The van der Waals surface area contributed by atoms with E-state index >= 15 is 0 Å². The van der Waals surface area contributed by atoms with E-state index in [0.717, 1.165) is 30.2 Å². The average molecular weight is 245 g/mol. The Bertz CT molecular complexity index is 493. The molecule has 18 heavy (non-hydrogen) atoms. The summed E-state index contributed by atoms with van der Waals surface area (Å²) >= 11 is 0. The molecule has 2 aromatic rings. The summed E-state index contributed by atoms with van der Waals surface area (Å²) in [6.45, 7) is 6.30. The number of H-pyrrole nitrogens is 1. The summed E-state index contributed by atoms with van der Waals surface area (Å²) in [4.78, 5) is 7.32. The number of imidazole rings is 1. The average Bonchev–Trinajstić information content (AvgIpc) is 2.76. The first-order valence-corrected chi connectivity index (χ1v) is 6.21. The van der Waals surface area contributed by atoms with E-state index in [-0.39, 0.29) is 0 Å². The van der Waals surface area contributed by atoms with Crippen molar-refractivity contribution in [2.45, 2.75) is 26.9 Å². The first-order chi connectivity index (χ1) is 8.79. The Morgan fingerprint density at radius 1 is 1.33 bits per heavy atom. The predicted octanol–water partition coefficient (Wildman–Crippen LogP) is 2.41. The maximum absolute atomic E-state index is 5.47. The van der Waals surface area contributed by atoms with Crippen LogP contribution in [-0.4, -0.2) is 16.6 Å². The lowest BCUT2D eigenvalue weighted by molar-refractivity contribution is 0.340. The number of aryl methyl sites for hydroxylation is 1. The lowest BCUT2D eigenvalue weighted by Crippen LogP contribution is -2.13. The molecule has 4 nitrogen and oxygen atoms in total. The fourth-order valence-corrected chi connectivity index (χ4v) is 1.80. The molecule has 2 N–H and O–H groups in total. The van der Waals surface area contributed by atoms with Gasteiger partial charge in [0.25, 0.3) is 0 Å². The summed E-state index contributed by atoms with van der Waals surface area (Å²) in [5.74, 6) is 0.924. The highest BCUT2D eigenvalue weighted by molar-refractivity contribution is 5.28. The van der Waals surface area contributed by atoms with Gasteiger partial charge in [0.05, 0.1) is 18.6 Å². The van der Waals surface area contributed by atoms with Crippen LogP contribution >= 0.6 is 0 Å². The van der Waals surface area contributed by atoms with Crippen molar-refractivity contribution in [3.63, 3.8) is 0 Å². The Kier molecular flexibility index (Phi) is 4.36. The van der Waals surface area contributed by atoms with Crippen molar-refractivity contribution < 1.29 is 4.74 Å². The smallest absolute Gasteiger partial charge is 0.119 e. The van der Waals surface area contributed by atoms with Crippen LogP contribution < -0.4 is 10.1 Å². The Hall–Kier alpha value is -1.81. The predicted molar refractivity (Wildman–Crippen MR) is 71.5 cm³/mol. The highest BCUT2D eigenvalue weighted by Crippen LogP contribution is 2.13. The van der Waals surface area contributed by atoms with Crippen molar-refractivity contribution in [2.75, 3.05) is 6.61 Å². The van der Waals surface area contributed by atoms with Crippen LogP contribution in [0.4, 0.5) is 0 Å². The van der Waals surface area contributed by atoms with Gasteiger partial charge in [0.1, 0.15) is 5.75 Å². The number of ether oxygens (including phenoxy) is 1. The Balaban J connectivity index is 1.86. The molecular weight excluding hydrogens is 226 g/mol. The topological polar surface area (TPSA) is 49.9 Å². The molecule has 0 aliphatic rings. The first-order valence-electron chi connectivity index (χ1n) is 6.21. The molecule has 0 saturated heterocycles. The molecule has 1 aromatic heterocycles. The van der Waals surface area contributed by atoms with Crippen LogP contribution in [0.2, 0.25) is 0 Å². The number of hydrogen-bond donors (Lipinski definition) is 2. The van der Waals surface area contributed by atoms with Gasteiger partial charge < -0.3 is 15.0 Å². The van der Waals surface area contributed by atoms with Gasteiger partial charge in [-0.15, -0.1) is 0 Å². The molecule has 1 heterocycles. The number of aromatic nitrogens is 2. The summed E-state index contributed by atoms with van der Waals surface area (Å²) in [5, 5.41) is 3.38. The zero-order chi connectivity index (χ0) is 12.8. The molecule has 96 valence electrons. The van der Waals surface area contributed by atoms with Crippen molar-refractivity contribution in [3.8, 4) is 5.75 Å². The second-order valence-corrected chi connectivity index (χ2v) is 4.16. The maximum Gasteiger partial charge on any atom is 0.119 e. The molecule has 0 aliphatic carbocycles. The van der Waals surface area contributed by atoms with Crippen molar-refractivity contribution in [1.82, 2.24) is 15.3 Å². The van der Waals surface area contributed by atoms with Crippen molar-refractivity contribution >= 4 is 0 Å². The van der Waals surface area contributed by atoms with Gasteiger partial charge in [-0.1, -0.05) is 12.1 Å². The number of benzene rings is 1. The van der Waals surface area contributed by atoms with E-state index in [2.05, 4.69) is 27.4 Å². The lowest BCUT2D eigenvalue weighted by atomic mass is 10.2. The fraction of sp³-hybridized carbons (Fsp3) is 0.357. The number of rotatable bonds is 6. The largest absolute Gasteiger partial charge is 0.494 e. The van der Waals surface area contributed by atoms with E-state index in [1.165, 1.54) is 5.56 Å². The lowest BCUT2D eigenvalue weighted by Gasteiger charge is -2.07. The summed E-state index contributed by atoms with van der Waals surface area (Å²) in [5.41, 5.74) is 3.40. The van der Waals surface area contributed by atoms with E-state index in [9.17, 15) is 0 Å². The second kappa shape index (κ2) is 6.21. The van der Waals surface area contributed by atoms with Crippen LogP contribution in [0, 0.1) is 6.92 Å². The van der Waals surface area contributed by atoms with Gasteiger partial charge in [-0.25, -0.2) is 4.98 Å². The summed E-state index contributed by atoms with van der Waals surface area (Å²) in [6.07, 6.45) is 1.72. The fourth-order valence-electron chi connectivity index (χ4n) is 1.80. The standard InChI is InChI=1S/C14H19N3O/c1-3-18-13-6-4-5-12(7-13)8-15-9-14-11(2)16-10-17-14/h4-7,10,15H,3,8-9H2,1-2H3,(H,16,17). The third-order valence-electron chi connectivity index (χ3n) is 2.77. The quantitative estimate of drug-likeness (QED) is 0.821. The van der Waals surface area contributed by atoms with Gasteiger partial charge in [-0.2, -0.15) is 0 Å². The van der Waals surface area contributed by atoms with Crippen LogP contribution in [0.15, 0.2) is 30.6 Å². The third kappa shape index (κ3) is 3.34. The molecule has 0 bridgehead atoms. The molecule has 0 saturated carbocycles. The Labute approximate surface area is 107 Å². The first kappa shape index (κ1) is 12.6. The van der Waals surface area contributed by atoms with Gasteiger partial charge in [0, 0.05) is 18.8 Å². The van der Waals surface area contributed by atoms with E-state index in [1.807, 2.05) is 26.0 Å². The van der Waals surface area contributed by atoms with E-state index in [4.69, 9.17) is 4.74 Å². The highest BCUT2D eigenvalue weighted by atomic mass is 16.5. The van der Waals surface area contributed by atoms with Crippen LogP contribution in [-0.2, 0) is 13.1 Å². The maximum atomic E-state index is 5.47. The van der Waals surface area contributed by atoms with Gasteiger partial charge in [0.15, 0.2) is 0 Å². The second-order valence-electron chi connectivity index (χ2n) is 4.16. The van der Waals surface area contributed by atoms with Crippen molar-refractivity contribution in [3.05, 3.63) is 47.5 Å². The molecular formula is C14H19N3O. The molecule has 0 unspecified atom stereocenters. The summed E-state index contributed by atoms with van der Waals surface area (Å²) in [7, 11) is 0. The molecule has 0 aliphatic heterocycles. The highest BCUT2D eigenvalue weighted by Gasteiger charge is 2.01. The monoisotopic (exact) mass is 245 g/mol. The minimum Gasteiger partial charge on any atom is -0.494 e. The van der Waals surface area contributed by atoms with Gasteiger partial charge in [-0.05, 0) is 31.5 Å². The van der Waals surface area contributed by atoms with Gasteiger partial charge >= 0.3 is 0 Å². The molecule has 4 heteroatoms. The molecule has 0 fully saturated rings. The van der Waals surface area contributed by atoms with Gasteiger partial charge in [-0.3, -0.25) is 0 Å². The molecule has 0 atom stereocenters. The number of nitrogens with one attached hydrogen (secondary N) is 2. The van der Waals surface area contributed by atoms with E-state index in [0.29, 0.717) is 6.61 Å². The molecule has 0 spiro atoms. The minimum absolute atomic E-state index is 0.698. The molecule has 0 radical (unpaired) electrons. The Morgan fingerprint density at radius 3 is 2.94 bits per heavy atom. The van der Waals surface area contributed by atoms with Crippen LogP contribution in [0.25, 0.3) is 0 Å². The van der Waals surface area contributed by atoms with Crippen molar-refractivity contribution in [2.24, 2.45) is 0 Å². The number of hydrogen-bond acceptors (Lipinski definition) is 3. The zero-order valence-electron chi connectivity index (χ0n) is 10.9. The third-order valence-corrected chi connectivity index (χ3v) is 2.77. The van der Waals surface area contributed by atoms with Gasteiger partial charge in [0.2, 0.25) is 0 Å².